The molecule has 0 amide bonds. The fourth-order valence-electron chi connectivity index (χ4n) is 1.67. The highest BCUT2D eigenvalue weighted by molar-refractivity contribution is 8.05. The second-order valence-electron chi connectivity index (χ2n) is 3.59. The van der Waals surface area contributed by atoms with Crippen molar-refractivity contribution in [3.05, 3.63) is 42.5 Å². The van der Waals surface area contributed by atoms with Gasteiger partial charge in [-0.1, -0.05) is 53.3 Å². The lowest BCUT2D eigenvalue weighted by Gasteiger charge is -2.18. The number of benzene rings is 2. The van der Waals surface area contributed by atoms with Gasteiger partial charge in [0, 0.05) is 19.6 Å². The van der Waals surface area contributed by atoms with Crippen molar-refractivity contribution in [3.8, 4) is 0 Å². The second-order valence-corrected chi connectivity index (χ2v) is 5.76. The Morgan fingerprint density at radius 1 is 0.812 bits per heavy atom. The highest BCUT2D eigenvalue weighted by Gasteiger charge is 2.16. The molecule has 0 aliphatic carbocycles. The van der Waals surface area contributed by atoms with Crippen molar-refractivity contribution >= 4 is 36.5 Å². The summed E-state index contributed by atoms with van der Waals surface area (Å²) in [5.74, 6) is 0. The summed E-state index contributed by atoms with van der Waals surface area (Å²) in [5.41, 5.74) is 0.978. The second kappa shape index (κ2) is 4.20. The van der Waals surface area contributed by atoms with Crippen LogP contribution in [0.25, 0.3) is 0 Å². The molecule has 0 spiro atoms. The summed E-state index contributed by atoms with van der Waals surface area (Å²) in [4.78, 5) is 5.14. The van der Waals surface area contributed by atoms with Crippen molar-refractivity contribution in [2.24, 2.45) is 0 Å². The average molecular weight is 244 g/mol. The summed E-state index contributed by atoms with van der Waals surface area (Å²) in [5, 5.41) is 9.12. The predicted octanol–water partition coefficient (Wildman–Crippen LogP) is 2.27. The molecule has 0 unspecified atom stereocenters. The first-order chi connectivity index (χ1) is 7.86. The van der Waals surface area contributed by atoms with Crippen LogP contribution in [0.4, 0.5) is 0 Å². The van der Waals surface area contributed by atoms with Gasteiger partial charge < -0.3 is 5.02 Å². The van der Waals surface area contributed by atoms with Gasteiger partial charge in [-0.15, -0.1) is 0 Å². The van der Waals surface area contributed by atoms with Crippen LogP contribution in [0.3, 0.4) is 0 Å². The first kappa shape index (κ1) is 10.3. The zero-order valence-corrected chi connectivity index (χ0v) is 10.1. The Morgan fingerprint density at radius 3 is 2.12 bits per heavy atom. The molecule has 1 N–H and O–H groups in total. The van der Waals surface area contributed by atoms with Crippen molar-refractivity contribution in [2.45, 2.75) is 19.6 Å². The lowest BCUT2D eigenvalue weighted by atomic mass is 9.89. The van der Waals surface area contributed by atoms with Crippen molar-refractivity contribution < 1.29 is 5.02 Å². The summed E-state index contributed by atoms with van der Waals surface area (Å²) in [6.07, 6.45) is 0. The maximum absolute atomic E-state index is 9.12. The van der Waals surface area contributed by atoms with Crippen LogP contribution in [0.2, 0.25) is 0 Å². The molecular weight excluding hydrogens is 235 g/mol. The van der Waals surface area contributed by atoms with E-state index in [1.54, 1.807) is 23.5 Å². The molecule has 0 fully saturated rings. The van der Waals surface area contributed by atoms with Gasteiger partial charge in [0.25, 0.3) is 0 Å². The molecule has 4 heteroatoms. The zero-order valence-electron chi connectivity index (χ0n) is 8.51. The zero-order chi connectivity index (χ0) is 11.0. The van der Waals surface area contributed by atoms with E-state index in [4.69, 9.17) is 5.02 Å². The highest BCUT2D eigenvalue weighted by Crippen LogP contribution is 2.47. The number of fused-ring (bicyclic) bond motifs is 2. The lowest BCUT2D eigenvalue weighted by Crippen LogP contribution is -2.13. The third-order valence-electron chi connectivity index (χ3n) is 2.48. The molecule has 0 bridgehead atoms. The minimum absolute atomic E-state index is 0.111. The Labute approximate surface area is 104 Å². The minimum Gasteiger partial charge on any atom is -0.449 e. The van der Waals surface area contributed by atoms with E-state index in [1.807, 2.05) is 6.07 Å². The average Bonchev–Trinajstić information content (AvgIpc) is 2.35. The number of rotatable bonds is 1. The van der Waals surface area contributed by atoms with Gasteiger partial charge >= 0.3 is 7.48 Å². The van der Waals surface area contributed by atoms with Gasteiger partial charge in [0.2, 0.25) is 0 Å². The third kappa shape index (κ3) is 1.77. The van der Waals surface area contributed by atoms with Crippen molar-refractivity contribution in [2.75, 3.05) is 0 Å². The van der Waals surface area contributed by atoms with Gasteiger partial charge in [0.1, 0.15) is 0 Å². The fourth-order valence-corrected chi connectivity index (χ4v) is 3.95. The molecule has 1 nitrogen and oxygen atoms in total. The molecule has 1 aliphatic heterocycles. The van der Waals surface area contributed by atoms with Gasteiger partial charge in [0.05, 0.1) is 0 Å². The maximum Gasteiger partial charge on any atom is 0.304 e. The molecular formula is C12H9BOS2. The number of hydrogen-bond donors (Lipinski definition) is 1. The van der Waals surface area contributed by atoms with E-state index in [0.717, 1.165) is 5.46 Å². The van der Waals surface area contributed by atoms with Gasteiger partial charge in [0.15, 0.2) is 0 Å². The van der Waals surface area contributed by atoms with Crippen LogP contribution in [0.15, 0.2) is 62.0 Å². The standard InChI is InChI=1S/C12H9BOS2/c14-13-8-5-6-11-12(7-8)16-10-4-2-1-3-9(10)15-11/h1-7,13-14H. The Balaban J connectivity index is 2.05. The quantitative estimate of drug-likeness (QED) is 0.663. The van der Waals surface area contributed by atoms with Crippen LogP contribution in [0, 0.1) is 0 Å². The van der Waals surface area contributed by atoms with E-state index in [1.165, 1.54) is 19.6 Å². The molecule has 3 rings (SSSR count). The Hall–Kier alpha value is -0.835. The number of hydrogen-bond acceptors (Lipinski definition) is 3. The molecule has 16 heavy (non-hydrogen) atoms. The van der Waals surface area contributed by atoms with Crippen LogP contribution in [-0.2, 0) is 0 Å². The molecule has 2 aromatic rings. The SMILES string of the molecule is OBc1ccc2c(c1)Sc1ccccc1S2. The van der Waals surface area contributed by atoms with E-state index < -0.39 is 0 Å². The smallest absolute Gasteiger partial charge is 0.304 e. The molecule has 78 valence electrons. The highest BCUT2D eigenvalue weighted by atomic mass is 32.2. The van der Waals surface area contributed by atoms with Gasteiger partial charge in [-0.05, 0) is 18.2 Å². The van der Waals surface area contributed by atoms with Crippen molar-refractivity contribution in [1.82, 2.24) is 0 Å². The first-order valence-corrected chi connectivity index (χ1v) is 6.68. The van der Waals surface area contributed by atoms with E-state index in [2.05, 4.69) is 36.4 Å². The summed E-state index contributed by atoms with van der Waals surface area (Å²) in [6, 6.07) is 14.6. The molecule has 2 aromatic carbocycles. The van der Waals surface area contributed by atoms with Crippen molar-refractivity contribution in [1.29, 1.82) is 0 Å². The molecule has 0 saturated carbocycles. The van der Waals surface area contributed by atoms with Gasteiger partial charge in [-0.25, -0.2) is 0 Å². The summed E-state index contributed by atoms with van der Waals surface area (Å²) in [6.45, 7) is 0. The molecule has 0 saturated heterocycles. The van der Waals surface area contributed by atoms with Crippen LogP contribution < -0.4 is 5.46 Å². The topological polar surface area (TPSA) is 20.2 Å². The fraction of sp³-hybridized carbons (Fsp3) is 0. The van der Waals surface area contributed by atoms with E-state index in [9.17, 15) is 0 Å². The predicted molar refractivity (Wildman–Crippen MR) is 70.1 cm³/mol. The summed E-state index contributed by atoms with van der Waals surface area (Å²) in [7, 11) is 0.111. The summed E-state index contributed by atoms with van der Waals surface area (Å²) < 4.78 is 0. The first-order valence-electron chi connectivity index (χ1n) is 5.05. The van der Waals surface area contributed by atoms with E-state index in [-0.39, 0.29) is 7.48 Å². The molecule has 0 aromatic heterocycles. The lowest BCUT2D eigenvalue weighted by molar-refractivity contribution is 0.615. The molecule has 1 aliphatic rings. The maximum atomic E-state index is 9.12. The Kier molecular flexibility index (Phi) is 2.71. The van der Waals surface area contributed by atoms with E-state index in [0.29, 0.717) is 0 Å². The Bertz CT molecular complexity index is 542. The monoisotopic (exact) mass is 244 g/mol. The van der Waals surface area contributed by atoms with Crippen LogP contribution in [-0.4, -0.2) is 12.5 Å². The minimum atomic E-state index is 0.111. The largest absolute Gasteiger partial charge is 0.449 e. The summed E-state index contributed by atoms with van der Waals surface area (Å²) >= 11 is 3.58. The normalized spacial score (nSPS) is 12.8. The van der Waals surface area contributed by atoms with Crippen LogP contribution in [0.1, 0.15) is 0 Å². The molecule has 0 radical (unpaired) electrons. The third-order valence-corrected chi connectivity index (χ3v) is 5.02. The van der Waals surface area contributed by atoms with Crippen LogP contribution >= 0.6 is 23.5 Å². The van der Waals surface area contributed by atoms with Crippen molar-refractivity contribution in [3.63, 3.8) is 0 Å². The van der Waals surface area contributed by atoms with Gasteiger partial charge in [-0.3, -0.25) is 0 Å². The van der Waals surface area contributed by atoms with E-state index >= 15 is 0 Å². The van der Waals surface area contributed by atoms with Gasteiger partial charge in [-0.2, -0.15) is 0 Å². The molecule has 1 heterocycles. The Morgan fingerprint density at radius 2 is 1.44 bits per heavy atom. The molecule has 0 atom stereocenters. The van der Waals surface area contributed by atoms with Crippen LogP contribution in [0.5, 0.6) is 0 Å².